The van der Waals surface area contributed by atoms with Gasteiger partial charge in [-0.15, -0.1) is 0 Å². The zero-order valence-corrected chi connectivity index (χ0v) is 13.3. The second-order valence-corrected chi connectivity index (χ2v) is 5.85. The largest absolute Gasteiger partial charge is 0.465 e. The van der Waals surface area contributed by atoms with Crippen LogP contribution in [0.2, 0.25) is 0 Å². The van der Waals surface area contributed by atoms with Gasteiger partial charge < -0.3 is 10.5 Å². The first-order valence-electron chi connectivity index (χ1n) is 6.98. The molecule has 0 spiro atoms. The number of nitrogen functional groups attached to an aromatic ring is 1. The predicted molar refractivity (Wildman–Crippen MR) is 77.6 cm³/mol. The Kier molecular flexibility index (Phi) is 5.43. The molecular weight excluding hydrogens is 297 g/mol. The summed E-state index contributed by atoms with van der Waals surface area (Å²) >= 11 is 0. The Balaban J connectivity index is 3.79. The van der Waals surface area contributed by atoms with E-state index in [0.29, 0.717) is 0 Å². The van der Waals surface area contributed by atoms with Crippen LogP contribution in [0, 0.1) is 5.92 Å². The first-order valence-corrected chi connectivity index (χ1v) is 6.98. The SMILES string of the molecule is COC(=O)c1c(C(C)C)nc(C(F)(F)F)c(N)c1CC(C)C. The van der Waals surface area contributed by atoms with Crippen molar-refractivity contribution in [1.29, 1.82) is 0 Å². The van der Waals surface area contributed by atoms with E-state index in [2.05, 4.69) is 4.98 Å². The highest BCUT2D eigenvalue weighted by Crippen LogP contribution is 2.38. The fourth-order valence-electron chi connectivity index (χ4n) is 2.25. The van der Waals surface area contributed by atoms with E-state index >= 15 is 0 Å². The summed E-state index contributed by atoms with van der Waals surface area (Å²) in [6.07, 6.45) is -4.43. The monoisotopic (exact) mass is 318 g/mol. The summed E-state index contributed by atoms with van der Waals surface area (Å²) in [5.41, 5.74) is 4.33. The quantitative estimate of drug-likeness (QED) is 0.858. The van der Waals surface area contributed by atoms with Crippen LogP contribution < -0.4 is 5.73 Å². The van der Waals surface area contributed by atoms with Crippen molar-refractivity contribution >= 4 is 11.7 Å². The van der Waals surface area contributed by atoms with Crippen molar-refractivity contribution in [3.05, 3.63) is 22.5 Å². The molecule has 7 heteroatoms. The van der Waals surface area contributed by atoms with Gasteiger partial charge in [0.05, 0.1) is 24.1 Å². The van der Waals surface area contributed by atoms with Crippen molar-refractivity contribution in [2.75, 3.05) is 12.8 Å². The van der Waals surface area contributed by atoms with Gasteiger partial charge >= 0.3 is 12.1 Å². The highest BCUT2D eigenvalue weighted by Gasteiger charge is 2.39. The highest BCUT2D eigenvalue weighted by molar-refractivity contribution is 5.94. The molecule has 0 aliphatic carbocycles. The summed E-state index contributed by atoms with van der Waals surface area (Å²) in [6, 6.07) is 0. The minimum Gasteiger partial charge on any atom is -0.465 e. The fourth-order valence-corrected chi connectivity index (χ4v) is 2.25. The zero-order chi connectivity index (χ0) is 17.2. The third-order valence-electron chi connectivity index (χ3n) is 3.19. The lowest BCUT2D eigenvalue weighted by molar-refractivity contribution is -0.140. The lowest BCUT2D eigenvalue weighted by Gasteiger charge is -2.21. The molecule has 0 radical (unpaired) electrons. The average Bonchev–Trinajstić information content (AvgIpc) is 2.37. The molecule has 0 saturated carbocycles. The molecule has 22 heavy (non-hydrogen) atoms. The summed E-state index contributed by atoms with van der Waals surface area (Å²) < 4.78 is 44.2. The van der Waals surface area contributed by atoms with Gasteiger partial charge in [0, 0.05) is 0 Å². The smallest absolute Gasteiger partial charge is 0.435 e. The first-order chi connectivity index (χ1) is 10.0. The molecule has 0 atom stereocenters. The number of anilines is 1. The molecule has 0 aromatic carbocycles. The molecule has 1 heterocycles. The van der Waals surface area contributed by atoms with Crippen LogP contribution in [0.1, 0.15) is 60.9 Å². The van der Waals surface area contributed by atoms with Gasteiger partial charge in [-0.1, -0.05) is 27.7 Å². The van der Waals surface area contributed by atoms with Crippen molar-refractivity contribution in [3.8, 4) is 0 Å². The second-order valence-electron chi connectivity index (χ2n) is 5.85. The summed E-state index contributed by atoms with van der Waals surface area (Å²) in [5, 5.41) is 0. The topological polar surface area (TPSA) is 65.2 Å². The second kappa shape index (κ2) is 6.54. The van der Waals surface area contributed by atoms with Crippen LogP contribution >= 0.6 is 0 Å². The maximum atomic E-state index is 13.2. The Morgan fingerprint density at radius 2 is 1.82 bits per heavy atom. The van der Waals surface area contributed by atoms with Crippen LogP contribution in [-0.2, 0) is 17.3 Å². The van der Waals surface area contributed by atoms with E-state index in [4.69, 9.17) is 10.5 Å². The third-order valence-corrected chi connectivity index (χ3v) is 3.19. The first kappa shape index (κ1) is 18.3. The van der Waals surface area contributed by atoms with E-state index in [0.717, 1.165) is 0 Å². The van der Waals surface area contributed by atoms with Crippen molar-refractivity contribution in [2.45, 2.75) is 46.2 Å². The van der Waals surface area contributed by atoms with Gasteiger partial charge in [0.15, 0.2) is 5.69 Å². The Labute approximate surface area is 127 Å². The number of hydrogen-bond donors (Lipinski definition) is 1. The summed E-state index contributed by atoms with van der Waals surface area (Å²) in [5.74, 6) is -1.07. The number of alkyl halides is 3. The number of methoxy groups -OCH3 is 1. The molecule has 0 aliphatic heterocycles. The fraction of sp³-hybridized carbons (Fsp3) is 0.600. The Morgan fingerprint density at radius 3 is 2.18 bits per heavy atom. The Bertz CT molecular complexity index is 567. The van der Waals surface area contributed by atoms with Gasteiger partial charge in [0.25, 0.3) is 0 Å². The van der Waals surface area contributed by atoms with E-state index in [1.54, 1.807) is 13.8 Å². The number of ether oxygens (including phenoxy) is 1. The maximum Gasteiger partial charge on any atom is 0.435 e. The summed E-state index contributed by atoms with van der Waals surface area (Å²) in [6.45, 7) is 7.01. The molecule has 0 unspecified atom stereocenters. The minimum atomic E-state index is -4.67. The van der Waals surface area contributed by atoms with Crippen LogP contribution in [0.15, 0.2) is 0 Å². The predicted octanol–water partition coefficient (Wildman–Crippen LogP) is 3.79. The van der Waals surface area contributed by atoms with Crippen LogP contribution in [0.3, 0.4) is 0 Å². The summed E-state index contributed by atoms with van der Waals surface area (Å²) in [4.78, 5) is 15.7. The normalized spacial score (nSPS) is 12.1. The molecule has 0 amide bonds. The van der Waals surface area contributed by atoms with Crippen LogP contribution in [-0.4, -0.2) is 18.1 Å². The van der Waals surface area contributed by atoms with Gasteiger partial charge in [-0.3, -0.25) is 0 Å². The van der Waals surface area contributed by atoms with Gasteiger partial charge in [-0.2, -0.15) is 13.2 Å². The Hall–Kier alpha value is -1.79. The third kappa shape index (κ3) is 3.69. The summed E-state index contributed by atoms with van der Waals surface area (Å²) in [7, 11) is 1.18. The Morgan fingerprint density at radius 1 is 1.27 bits per heavy atom. The zero-order valence-electron chi connectivity index (χ0n) is 13.3. The van der Waals surface area contributed by atoms with Gasteiger partial charge in [0.2, 0.25) is 0 Å². The number of aromatic nitrogens is 1. The van der Waals surface area contributed by atoms with E-state index in [1.807, 2.05) is 13.8 Å². The van der Waals surface area contributed by atoms with Crippen LogP contribution in [0.4, 0.5) is 18.9 Å². The minimum absolute atomic E-state index is 0.0224. The molecule has 124 valence electrons. The van der Waals surface area contributed by atoms with E-state index in [1.165, 1.54) is 7.11 Å². The number of rotatable bonds is 4. The number of carbonyl (C=O) groups is 1. The molecule has 4 nitrogen and oxygen atoms in total. The van der Waals surface area contributed by atoms with Crippen molar-refractivity contribution in [3.63, 3.8) is 0 Å². The molecule has 1 rings (SSSR count). The number of halogens is 3. The maximum absolute atomic E-state index is 13.2. The van der Waals surface area contributed by atoms with Gasteiger partial charge in [-0.25, -0.2) is 9.78 Å². The molecule has 0 aliphatic rings. The number of carbonyl (C=O) groups excluding carboxylic acids is 1. The average molecular weight is 318 g/mol. The lowest BCUT2D eigenvalue weighted by Crippen LogP contribution is -2.22. The number of esters is 1. The van der Waals surface area contributed by atoms with Gasteiger partial charge in [-0.05, 0) is 23.8 Å². The van der Waals surface area contributed by atoms with Crippen LogP contribution in [0.5, 0.6) is 0 Å². The number of pyridine rings is 1. The number of hydrogen-bond acceptors (Lipinski definition) is 4. The molecular formula is C15H21F3N2O2. The molecule has 1 aromatic heterocycles. The lowest BCUT2D eigenvalue weighted by atomic mass is 9.91. The molecule has 0 bridgehead atoms. The van der Waals surface area contributed by atoms with Crippen molar-refractivity contribution < 1.29 is 22.7 Å². The highest BCUT2D eigenvalue weighted by atomic mass is 19.4. The molecule has 2 N–H and O–H groups in total. The van der Waals surface area contributed by atoms with E-state index in [-0.39, 0.29) is 35.1 Å². The van der Waals surface area contributed by atoms with E-state index < -0.39 is 23.5 Å². The number of nitrogens with zero attached hydrogens (tertiary/aromatic N) is 1. The molecule has 0 fully saturated rings. The molecule has 0 saturated heterocycles. The van der Waals surface area contributed by atoms with Crippen molar-refractivity contribution in [2.24, 2.45) is 5.92 Å². The standard InChI is InChI=1S/C15H21F3N2O2/c1-7(2)6-9-10(14(21)22-5)12(8(3)4)20-13(11(9)19)15(16,17)18/h7-8H,6,19H2,1-5H3. The van der Waals surface area contributed by atoms with E-state index in [9.17, 15) is 18.0 Å². The number of nitrogens with two attached hydrogens (primary N) is 1. The molecule has 1 aromatic rings. The van der Waals surface area contributed by atoms with Crippen molar-refractivity contribution in [1.82, 2.24) is 4.98 Å². The van der Waals surface area contributed by atoms with Gasteiger partial charge in [0.1, 0.15) is 0 Å². The van der Waals surface area contributed by atoms with Crippen LogP contribution in [0.25, 0.3) is 0 Å².